The quantitative estimate of drug-likeness (QED) is 0.713. The average Bonchev–Trinajstić information content (AvgIpc) is 2.61. The third-order valence-corrected chi connectivity index (χ3v) is 4.16. The van der Waals surface area contributed by atoms with Gasteiger partial charge in [-0.1, -0.05) is 19.8 Å². The summed E-state index contributed by atoms with van der Waals surface area (Å²) in [6.45, 7) is 3.31. The van der Waals surface area contributed by atoms with Gasteiger partial charge in [0.05, 0.1) is 6.10 Å². The molecule has 3 atom stereocenters. The Morgan fingerprint density at radius 2 is 2.07 bits per heavy atom. The molecule has 0 aromatic heterocycles. The predicted octanol–water partition coefficient (Wildman–Crippen LogP) is 2.85. The van der Waals surface area contributed by atoms with Gasteiger partial charge < -0.3 is 10.5 Å². The molecule has 2 rings (SSSR count). The maximum absolute atomic E-state index is 6.52. The van der Waals surface area contributed by atoms with Gasteiger partial charge in [0.15, 0.2) is 0 Å². The molecular weight excluding hydrogens is 186 g/mol. The van der Waals surface area contributed by atoms with Gasteiger partial charge in [-0.05, 0) is 44.4 Å². The van der Waals surface area contributed by atoms with Crippen molar-refractivity contribution in [3.05, 3.63) is 0 Å². The van der Waals surface area contributed by atoms with Gasteiger partial charge >= 0.3 is 0 Å². The fraction of sp³-hybridized carbons (Fsp3) is 1.00. The predicted molar refractivity (Wildman–Crippen MR) is 62.8 cm³/mol. The number of hydrogen-bond acceptors (Lipinski definition) is 2. The lowest BCUT2D eigenvalue weighted by atomic mass is 9.85. The highest BCUT2D eigenvalue weighted by atomic mass is 16.5. The van der Waals surface area contributed by atoms with Crippen LogP contribution in [0.1, 0.15) is 58.3 Å². The molecule has 1 aliphatic carbocycles. The molecule has 0 amide bonds. The second-order valence-corrected chi connectivity index (χ2v) is 5.74. The van der Waals surface area contributed by atoms with Crippen LogP contribution in [0.3, 0.4) is 0 Å². The van der Waals surface area contributed by atoms with E-state index in [1.54, 1.807) is 0 Å². The topological polar surface area (TPSA) is 35.2 Å². The van der Waals surface area contributed by atoms with E-state index >= 15 is 0 Å². The first-order chi connectivity index (χ1) is 7.18. The first kappa shape index (κ1) is 11.4. The van der Waals surface area contributed by atoms with E-state index in [9.17, 15) is 0 Å². The van der Waals surface area contributed by atoms with Crippen molar-refractivity contribution in [1.29, 1.82) is 0 Å². The molecule has 1 heterocycles. The standard InChI is InChI=1S/C13H25NO/c1-11-4-2-7-13(14,8-6-11)10-12-5-3-9-15-12/h11-12H,2-10,14H2,1H3. The van der Waals surface area contributed by atoms with Crippen LogP contribution in [-0.2, 0) is 4.74 Å². The lowest BCUT2D eigenvalue weighted by molar-refractivity contribution is 0.0794. The van der Waals surface area contributed by atoms with Gasteiger partial charge in [0.2, 0.25) is 0 Å². The summed E-state index contributed by atoms with van der Waals surface area (Å²) in [6.07, 6.45) is 10.4. The summed E-state index contributed by atoms with van der Waals surface area (Å²) in [5.41, 5.74) is 6.60. The van der Waals surface area contributed by atoms with Crippen LogP contribution in [0.2, 0.25) is 0 Å². The molecule has 88 valence electrons. The van der Waals surface area contributed by atoms with Gasteiger partial charge in [-0.2, -0.15) is 0 Å². The molecule has 0 aromatic carbocycles. The maximum Gasteiger partial charge on any atom is 0.0593 e. The van der Waals surface area contributed by atoms with E-state index < -0.39 is 0 Å². The van der Waals surface area contributed by atoms with Gasteiger partial charge in [0, 0.05) is 12.1 Å². The molecule has 15 heavy (non-hydrogen) atoms. The second kappa shape index (κ2) is 4.84. The molecule has 1 saturated carbocycles. The highest BCUT2D eigenvalue weighted by Gasteiger charge is 2.32. The molecule has 1 saturated heterocycles. The first-order valence-corrected chi connectivity index (χ1v) is 6.58. The van der Waals surface area contributed by atoms with Crippen molar-refractivity contribution < 1.29 is 4.74 Å². The van der Waals surface area contributed by atoms with Crippen molar-refractivity contribution in [2.75, 3.05) is 6.61 Å². The minimum absolute atomic E-state index is 0.0831. The minimum Gasteiger partial charge on any atom is -0.378 e. The van der Waals surface area contributed by atoms with Crippen LogP contribution in [0.5, 0.6) is 0 Å². The summed E-state index contributed by atoms with van der Waals surface area (Å²) in [7, 11) is 0. The molecule has 2 nitrogen and oxygen atoms in total. The Hall–Kier alpha value is -0.0800. The number of ether oxygens (including phenoxy) is 1. The fourth-order valence-corrected chi connectivity index (χ4v) is 3.07. The van der Waals surface area contributed by atoms with E-state index in [2.05, 4.69) is 6.92 Å². The summed E-state index contributed by atoms with van der Waals surface area (Å²) in [6, 6.07) is 0. The van der Waals surface area contributed by atoms with E-state index in [1.165, 1.54) is 44.9 Å². The van der Waals surface area contributed by atoms with E-state index in [4.69, 9.17) is 10.5 Å². The molecule has 2 heteroatoms. The van der Waals surface area contributed by atoms with Crippen LogP contribution in [-0.4, -0.2) is 18.2 Å². The Bertz CT molecular complexity index is 201. The second-order valence-electron chi connectivity index (χ2n) is 5.74. The van der Waals surface area contributed by atoms with Crippen LogP contribution in [0.4, 0.5) is 0 Å². The van der Waals surface area contributed by atoms with E-state index in [-0.39, 0.29) is 5.54 Å². The molecule has 2 fully saturated rings. The lowest BCUT2D eigenvalue weighted by Gasteiger charge is -2.30. The van der Waals surface area contributed by atoms with Crippen molar-refractivity contribution in [3.8, 4) is 0 Å². The monoisotopic (exact) mass is 211 g/mol. The molecule has 2 aliphatic rings. The molecule has 0 radical (unpaired) electrons. The minimum atomic E-state index is 0.0831. The fourth-order valence-electron chi connectivity index (χ4n) is 3.07. The summed E-state index contributed by atoms with van der Waals surface area (Å²) in [4.78, 5) is 0. The summed E-state index contributed by atoms with van der Waals surface area (Å²) in [5, 5.41) is 0. The molecule has 3 unspecified atom stereocenters. The third kappa shape index (κ3) is 3.18. The van der Waals surface area contributed by atoms with Crippen LogP contribution in [0, 0.1) is 5.92 Å². The van der Waals surface area contributed by atoms with Crippen LogP contribution in [0.25, 0.3) is 0 Å². The number of rotatable bonds is 2. The van der Waals surface area contributed by atoms with Gasteiger partial charge in [-0.15, -0.1) is 0 Å². The zero-order valence-electron chi connectivity index (χ0n) is 10.0. The van der Waals surface area contributed by atoms with Crippen molar-refractivity contribution in [2.24, 2.45) is 11.7 Å². The number of hydrogen-bond donors (Lipinski definition) is 1. The van der Waals surface area contributed by atoms with Crippen LogP contribution >= 0.6 is 0 Å². The smallest absolute Gasteiger partial charge is 0.0593 e. The molecule has 0 spiro atoms. The summed E-state index contributed by atoms with van der Waals surface area (Å²) < 4.78 is 5.71. The summed E-state index contributed by atoms with van der Waals surface area (Å²) >= 11 is 0. The molecular formula is C13H25NO. The van der Waals surface area contributed by atoms with Crippen LogP contribution < -0.4 is 5.73 Å². The zero-order valence-corrected chi connectivity index (χ0v) is 10.0. The first-order valence-electron chi connectivity index (χ1n) is 6.58. The Labute approximate surface area is 93.6 Å². The number of nitrogens with two attached hydrogens (primary N) is 1. The van der Waals surface area contributed by atoms with Gasteiger partial charge in [-0.3, -0.25) is 0 Å². The Kier molecular flexibility index (Phi) is 3.68. The molecule has 1 aliphatic heterocycles. The molecule has 2 N–H and O–H groups in total. The lowest BCUT2D eigenvalue weighted by Crippen LogP contribution is -2.42. The highest BCUT2D eigenvalue weighted by Crippen LogP contribution is 2.33. The Balaban J connectivity index is 1.86. The third-order valence-electron chi connectivity index (χ3n) is 4.16. The van der Waals surface area contributed by atoms with Gasteiger partial charge in [-0.25, -0.2) is 0 Å². The van der Waals surface area contributed by atoms with Crippen molar-refractivity contribution in [2.45, 2.75) is 69.9 Å². The Morgan fingerprint density at radius 3 is 2.80 bits per heavy atom. The SMILES string of the molecule is CC1CCCC(N)(CC2CCCO2)CC1. The van der Waals surface area contributed by atoms with E-state index in [0.29, 0.717) is 6.10 Å². The van der Waals surface area contributed by atoms with Gasteiger partial charge in [0.1, 0.15) is 0 Å². The van der Waals surface area contributed by atoms with E-state index in [1.807, 2.05) is 0 Å². The van der Waals surface area contributed by atoms with E-state index in [0.717, 1.165) is 18.9 Å². The highest BCUT2D eigenvalue weighted by molar-refractivity contribution is 4.90. The summed E-state index contributed by atoms with van der Waals surface area (Å²) in [5.74, 6) is 0.875. The largest absolute Gasteiger partial charge is 0.378 e. The van der Waals surface area contributed by atoms with Gasteiger partial charge in [0.25, 0.3) is 0 Å². The van der Waals surface area contributed by atoms with Crippen LogP contribution in [0.15, 0.2) is 0 Å². The average molecular weight is 211 g/mol. The molecule has 0 bridgehead atoms. The van der Waals surface area contributed by atoms with Crippen molar-refractivity contribution in [1.82, 2.24) is 0 Å². The zero-order chi connectivity index (χ0) is 10.7. The maximum atomic E-state index is 6.52. The van der Waals surface area contributed by atoms with Crippen molar-refractivity contribution in [3.63, 3.8) is 0 Å². The Morgan fingerprint density at radius 1 is 1.20 bits per heavy atom. The molecule has 0 aromatic rings. The normalized spacial score (nSPS) is 42.8. The van der Waals surface area contributed by atoms with Crippen molar-refractivity contribution >= 4 is 0 Å².